The van der Waals surface area contributed by atoms with Gasteiger partial charge in [0.2, 0.25) is 5.91 Å². The van der Waals surface area contributed by atoms with Gasteiger partial charge in [0.1, 0.15) is 5.54 Å². The minimum Gasteiger partial charge on any atom is -0.480 e. The lowest BCUT2D eigenvalue weighted by molar-refractivity contribution is -0.160. The van der Waals surface area contributed by atoms with E-state index in [1.807, 2.05) is 6.92 Å². The zero-order valence-corrected chi connectivity index (χ0v) is 10.7. The van der Waals surface area contributed by atoms with E-state index in [1.165, 1.54) is 4.90 Å². The Hall–Kier alpha value is -1.10. The molecule has 2 N–H and O–H groups in total. The lowest BCUT2D eigenvalue weighted by Crippen LogP contribution is -2.57. The van der Waals surface area contributed by atoms with E-state index in [4.69, 9.17) is 0 Å². The minimum atomic E-state index is -1.01. The SMILES string of the molecule is CCNCCC(=O)N1CCCCC1(C)C(=O)O. The molecular formula is C12H22N2O3. The van der Waals surface area contributed by atoms with Crippen molar-refractivity contribution in [1.82, 2.24) is 10.2 Å². The summed E-state index contributed by atoms with van der Waals surface area (Å²) in [5.74, 6) is -0.954. The molecule has 1 aliphatic heterocycles. The van der Waals surface area contributed by atoms with Crippen molar-refractivity contribution < 1.29 is 14.7 Å². The molecule has 0 saturated carbocycles. The maximum absolute atomic E-state index is 12.0. The molecule has 1 atom stereocenters. The van der Waals surface area contributed by atoms with E-state index in [2.05, 4.69) is 5.32 Å². The molecule has 0 aromatic heterocycles. The highest BCUT2D eigenvalue weighted by atomic mass is 16.4. The zero-order chi connectivity index (χ0) is 12.9. The molecular weight excluding hydrogens is 220 g/mol. The maximum Gasteiger partial charge on any atom is 0.329 e. The third kappa shape index (κ3) is 3.19. The van der Waals surface area contributed by atoms with Crippen molar-refractivity contribution in [2.24, 2.45) is 0 Å². The van der Waals surface area contributed by atoms with Crippen molar-refractivity contribution in [3.05, 3.63) is 0 Å². The van der Waals surface area contributed by atoms with Crippen LogP contribution in [0.2, 0.25) is 0 Å². The van der Waals surface area contributed by atoms with Gasteiger partial charge in [-0.15, -0.1) is 0 Å². The van der Waals surface area contributed by atoms with Crippen molar-refractivity contribution >= 4 is 11.9 Å². The molecule has 1 aliphatic rings. The largest absolute Gasteiger partial charge is 0.480 e. The Labute approximate surface area is 102 Å². The van der Waals surface area contributed by atoms with Crippen LogP contribution >= 0.6 is 0 Å². The number of nitrogens with one attached hydrogen (secondary N) is 1. The molecule has 0 aliphatic carbocycles. The van der Waals surface area contributed by atoms with Crippen LogP contribution in [0.15, 0.2) is 0 Å². The Morgan fingerprint density at radius 3 is 2.71 bits per heavy atom. The minimum absolute atomic E-state index is 0.0597. The van der Waals surface area contributed by atoms with Crippen LogP contribution in [-0.2, 0) is 9.59 Å². The first-order chi connectivity index (χ1) is 8.02. The van der Waals surface area contributed by atoms with Crippen LogP contribution in [-0.4, -0.2) is 47.1 Å². The maximum atomic E-state index is 12.0. The van der Waals surface area contributed by atoms with E-state index in [1.54, 1.807) is 6.92 Å². The van der Waals surface area contributed by atoms with Gasteiger partial charge in [-0.05, 0) is 32.7 Å². The second-order valence-electron chi connectivity index (χ2n) is 4.69. The molecule has 1 amide bonds. The predicted octanol–water partition coefficient (Wildman–Crippen LogP) is 0.842. The molecule has 1 heterocycles. The highest BCUT2D eigenvalue weighted by Crippen LogP contribution is 2.28. The first kappa shape index (κ1) is 14.0. The fraction of sp³-hybridized carbons (Fsp3) is 0.833. The Morgan fingerprint density at radius 1 is 1.41 bits per heavy atom. The molecule has 0 radical (unpaired) electrons. The summed E-state index contributed by atoms with van der Waals surface area (Å²) in [6.07, 6.45) is 2.70. The molecule has 0 bridgehead atoms. The van der Waals surface area contributed by atoms with Gasteiger partial charge in [0.15, 0.2) is 0 Å². The predicted molar refractivity (Wildman–Crippen MR) is 64.8 cm³/mol. The van der Waals surface area contributed by atoms with Gasteiger partial charge in [-0.2, -0.15) is 0 Å². The molecule has 1 fully saturated rings. The first-order valence-electron chi connectivity index (χ1n) is 6.27. The summed E-state index contributed by atoms with van der Waals surface area (Å²) in [6, 6.07) is 0. The molecule has 98 valence electrons. The van der Waals surface area contributed by atoms with Crippen LogP contribution in [0.3, 0.4) is 0 Å². The van der Waals surface area contributed by atoms with Gasteiger partial charge in [-0.3, -0.25) is 4.79 Å². The van der Waals surface area contributed by atoms with Crippen LogP contribution < -0.4 is 5.32 Å². The highest BCUT2D eigenvalue weighted by Gasteiger charge is 2.43. The van der Waals surface area contributed by atoms with Gasteiger partial charge in [-0.1, -0.05) is 6.92 Å². The van der Waals surface area contributed by atoms with Crippen molar-refractivity contribution in [2.75, 3.05) is 19.6 Å². The van der Waals surface area contributed by atoms with E-state index in [0.717, 1.165) is 19.4 Å². The number of likely N-dealkylation sites (tertiary alicyclic amines) is 1. The molecule has 1 unspecified atom stereocenters. The standard InChI is InChI=1S/C12H22N2O3/c1-3-13-8-6-10(15)14-9-5-4-7-12(14,2)11(16)17/h13H,3-9H2,1-2H3,(H,16,17). The quantitative estimate of drug-likeness (QED) is 0.701. The van der Waals surface area contributed by atoms with Crippen LogP contribution in [0.4, 0.5) is 0 Å². The highest BCUT2D eigenvalue weighted by molar-refractivity contribution is 5.87. The molecule has 0 aromatic rings. The van der Waals surface area contributed by atoms with Gasteiger partial charge >= 0.3 is 5.97 Å². The van der Waals surface area contributed by atoms with Gasteiger partial charge in [0, 0.05) is 19.5 Å². The van der Waals surface area contributed by atoms with Gasteiger partial charge in [0.05, 0.1) is 0 Å². The average Bonchev–Trinajstić information content (AvgIpc) is 2.29. The topological polar surface area (TPSA) is 69.6 Å². The lowest BCUT2D eigenvalue weighted by Gasteiger charge is -2.41. The Morgan fingerprint density at radius 2 is 2.12 bits per heavy atom. The van der Waals surface area contributed by atoms with Gasteiger partial charge < -0.3 is 15.3 Å². The van der Waals surface area contributed by atoms with E-state index < -0.39 is 11.5 Å². The number of carbonyl (C=O) groups is 2. The number of carboxylic acid groups (broad SMARTS) is 1. The molecule has 5 heteroatoms. The normalized spacial score (nSPS) is 24.7. The molecule has 5 nitrogen and oxygen atoms in total. The fourth-order valence-electron chi connectivity index (χ4n) is 2.25. The summed E-state index contributed by atoms with van der Waals surface area (Å²) < 4.78 is 0. The summed E-state index contributed by atoms with van der Waals surface area (Å²) in [4.78, 5) is 24.9. The van der Waals surface area contributed by atoms with Gasteiger partial charge in [0.25, 0.3) is 0 Å². The van der Waals surface area contributed by atoms with E-state index in [0.29, 0.717) is 25.9 Å². The lowest BCUT2D eigenvalue weighted by atomic mass is 9.88. The van der Waals surface area contributed by atoms with Crippen molar-refractivity contribution in [3.8, 4) is 0 Å². The summed E-state index contributed by atoms with van der Waals surface area (Å²) in [7, 11) is 0. The van der Waals surface area contributed by atoms with Crippen molar-refractivity contribution in [1.29, 1.82) is 0 Å². The van der Waals surface area contributed by atoms with Crippen LogP contribution in [0.5, 0.6) is 0 Å². The second-order valence-corrected chi connectivity index (χ2v) is 4.69. The molecule has 0 spiro atoms. The number of rotatable bonds is 5. The number of carboxylic acids is 1. The number of hydrogen-bond acceptors (Lipinski definition) is 3. The number of nitrogens with zero attached hydrogens (tertiary/aromatic N) is 1. The number of hydrogen-bond donors (Lipinski definition) is 2. The number of carbonyl (C=O) groups excluding carboxylic acids is 1. The molecule has 17 heavy (non-hydrogen) atoms. The first-order valence-corrected chi connectivity index (χ1v) is 6.27. The zero-order valence-electron chi connectivity index (χ0n) is 10.7. The summed E-state index contributed by atoms with van der Waals surface area (Å²) >= 11 is 0. The van der Waals surface area contributed by atoms with E-state index in [9.17, 15) is 14.7 Å². The van der Waals surface area contributed by atoms with Gasteiger partial charge in [-0.25, -0.2) is 4.79 Å². The molecule has 1 saturated heterocycles. The third-order valence-corrected chi connectivity index (χ3v) is 3.42. The van der Waals surface area contributed by atoms with E-state index >= 15 is 0 Å². The summed E-state index contributed by atoms with van der Waals surface area (Å²) in [5, 5.41) is 12.4. The fourth-order valence-corrected chi connectivity index (χ4v) is 2.25. The summed E-state index contributed by atoms with van der Waals surface area (Å²) in [6.45, 7) is 5.63. The third-order valence-electron chi connectivity index (χ3n) is 3.42. The Kier molecular flexibility index (Phi) is 4.93. The molecule has 0 aromatic carbocycles. The average molecular weight is 242 g/mol. The smallest absolute Gasteiger partial charge is 0.329 e. The van der Waals surface area contributed by atoms with Crippen molar-refractivity contribution in [2.45, 2.75) is 45.1 Å². The number of amides is 1. The van der Waals surface area contributed by atoms with Crippen LogP contribution in [0.1, 0.15) is 39.5 Å². The second kappa shape index (κ2) is 6.00. The van der Waals surface area contributed by atoms with Crippen molar-refractivity contribution in [3.63, 3.8) is 0 Å². The Bertz CT molecular complexity index is 293. The Balaban J connectivity index is 2.65. The summed E-state index contributed by atoms with van der Waals surface area (Å²) in [5.41, 5.74) is -1.01. The van der Waals surface area contributed by atoms with Crippen LogP contribution in [0, 0.1) is 0 Å². The number of aliphatic carboxylic acids is 1. The van der Waals surface area contributed by atoms with Crippen LogP contribution in [0.25, 0.3) is 0 Å². The number of piperidine rings is 1. The van der Waals surface area contributed by atoms with E-state index in [-0.39, 0.29) is 5.91 Å². The molecule has 1 rings (SSSR count). The monoisotopic (exact) mass is 242 g/mol.